The largest absolute Gasteiger partial charge is 0.369 e. The van der Waals surface area contributed by atoms with E-state index in [-0.39, 0.29) is 23.3 Å². The molecule has 2 unspecified atom stereocenters. The zero-order chi connectivity index (χ0) is 20.9. The van der Waals surface area contributed by atoms with Crippen molar-refractivity contribution in [2.45, 2.75) is 50.8 Å². The van der Waals surface area contributed by atoms with Crippen LogP contribution >= 0.6 is 11.6 Å². The van der Waals surface area contributed by atoms with E-state index in [1.165, 1.54) is 0 Å². The van der Waals surface area contributed by atoms with Gasteiger partial charge in [0.05, 0.1) is 6.61 Å². The summed E-state index contributed by atoms with van der Waals surface area (Å²) < 4.78 is 5.83. The van der Waals surface area contributed by atoms with Gasteiger partial charge in [0.15, 0.2) is 0 Å². The molecule has 0 aromatic heterocycles. The van der Waals surface area contributed by atoms with Crippen LogP contribution in [0.15, 0.2) is 24.3 Å². The predicted molar refractivity (Wildman–Crippen MR) is 114 cm³/mol. The van der Waals surface area contributed by atoms with Crippen LogP contribution < -0.4 is 11.1 Å². The molecular formula is C23H30ClN3O3. The van der Waals surface area contributed by atoms with Gasteiger partial charge in [0.1, 0.15) is 6.10 Å². The Morgan fingerprint density at radius 2 is 1.93 bits per heavy atom. The fourth-order valence-corrected chi connectivity index (χ4v) is 6.89. The first-order valence-electron chi connectivity index (χ1n) is 11.1. The number of carbonyl (C=O) groups is 2. The van der Waals surface area contributed by atoms with Crippen molar-refractivity contribution >= 4 is 23.4 Å². The first-order chi connectivity index (χ1) is 14.4. The van der Waals surface area contributed by atoms with Crippen molar-refractivity contribution in [1.82, 2.24) is 10.2 Å². The summed E-state index contributed by atoms with van der Waals surface area (Å²) in [5, 5.41) is 4.07. The summed E-state index contributed by atoms with van der Waals surface area (Å²) in [6.07, 6.45) is 4.32. The lowest BCUT2D eigenvalue weighted by molar-refractivity contribution is -0.151. The molecule has 5 aliphatic rings. The van der Waals surface area contributed by atoms with Crippen LogP contribution in [0, 0.1) is 23.2 Å². The number of primary amides is 1. The van der Waals surface area contributed by atoms with Crippen molar-refractivity contribution in [1.29, 1.82) is 0 Å². The SMILES string of the molecule is NC(=O)C12CC3CC(C1)C(NC(=O)[C@H]1CN(Cc4ccccc4Cl)CCO1)C(C3)C2. The summed E-state index contributed by atoms with van der Waals surface area (Å²) in [5.41, 5.74) is 6.52. The van der Waals surface area contributed by atoms with Crippen molar-refractivity contribution < 1.29 is 14.3 Å². The molecule has 0 radical (unpaired) electrons. The van der Waals surface area contributed by atoms with E-state index in [4.69, 9.17) is 22.1 Å². The number of carbonyl (C=O) groups excluding carboxylic acids is 2. The van der Waals surface area contributed by atoms with Gasteiger partial charge in [-0.3, -0.25) is 14.5 Å². The van der Waals surface area contributed by atoms with Crippen molar-refractivity contribution in [2.24, 2.45) is 28.9 Å². The van der Waals surface area contributed by atoms with Gasteiger partial charge >= 0.3 is 0 Å². The first-order valence-corrected chi connectivity index (χ1v) is 11.5. The van der Waals surface area contributed by atoms with E-state index >= 15 is 0 Å². The fraction of sp³-hybridized carbons (Fsp3) is 0.652. The minimum Gasteiger partial charge on any atom is -0.369 e. The lowest BCUT2D eigenvalue weighted by Gasteiger charge is -2.59. The second-order valence-corrected chi connectivity index (χ2v) is 10.2. The average molecular weight is 432 g/mol. The molecule has 7 heteroatoms. The number of morpholine rings is 1. The molecular weight excluding hydrogens is 402 g/mol. The summed E-state index contributed by atoms with van der Waals surface area (Å²) in [4.78, 5) is 27.5. The number of nitrogens with zero attached hydrogens (tertiary/aromatic N) is 1. The zero-order valence-corrected chi connectivity index (χ0v) is 17.9. The number of benzene rings is 1. The maximum Gasteiger partial charge on any atom is 0.250 e. The van der Waals surface area contributed by atoms with Crippen molar-refractivity contribution in [2.75, 3.05) is 19.7 Å². The van der Waals surface area contributed by atoms with Gasteiger partial charge in [-0.2, -0.15) is 0 Å². The maximum absolute atomic E-state index is 13.1. The molecule has 1 aliphatic heterocycles. The van der Waals surface area contributed by atoms with Crippen LogP contribution in [-0.2, 0) is 20.9 Å². The molecule has 6 nitrogen and oxygen atoms in total. The number of amides is 2. The maximum atomic E-state index is 13.1. The predicted octanol–water partition coefficient (Wildman–Crippen LogP) is 2.34. The third-order valence-corrected chi connectivity index (χ3v) is 8.27. The summed E-state index contributed by atoms with van der Waals surface area (Å²) in [6, 6.07) is 7.97. The third kappa shape index (κ3) is 3.63. The average Bonchev–Trinajstić information content (AvgIpc) is 2.72. The number of nitrogens with two attached hydrogens (primary N) is 1. The Bertz CT molecular complexity index is 831. The minimum absolute atomic E-state index is 0.0237. The second-order valence-electron chi connectivity index (χ2n) is 9.83. The van der Waals surface area contributed by atoms with Crippen LogP contribution in [0.25, 0.3) is 0 Å². The third-order valence-electron chi connectivity index (χ3n) is 7.90. The van der Waals surface area contributed by atoms with Crippen molar-refractivity contribution in [3.63, 3.8) is 0 Å². The molecule has 3 atom stereocenters. The summed E-state index contributed by atoms with van der Waals surface area (Å²) >= 11 is 6.30. The van der Waals surface area contributed by atoms with E-state index in [0.717, 1.165) is 49.2 Å². The molecule has 1 aromatic carbocycles. The van der Waals surface area contributed by atoms with Crippen LogP contribution in [0.1, 0.15) is 37.7 Å². The van der Waals surface area contributed by atoms with Gasteiger partial charge in [0.25, 0.3) is 5.91 Å². The van der Waals surface area contributed by atoms with Crippen LogP contribution in [0.4, 0.5) is 0 Å². The Kier molecular flexibility index (Phi) is 5.28. The molecule has 4 bridgehead atoms. The monoisotopic (exact) mass is 431 g/mol. The van der Waals surface area contributed by atoms with Crippen molar-refractivity contribution in [3.05, 3.63) is 34.9 Å². The Balaban J connectivity index is 1.22. The van der Waals surface area contributed by atoms with E-state index < -0.39 is 6.10 Å². The van der Waals surface area contributed by atoms with Crippen molar-refractivity contribution in [3.8, 4) is 0 Å². The van der Waals surface area contributed by atoms with E-state index in [2.05, 4.69) is 10.2 Å². The fourth-order valence-electron chi connectivity index (χ4n) is 6.69. The Morgan fingerprint density at radius 1 is 1.20 bits per heavy atom. The highest BCUT2D eigenvalue weighted by atomic mass is 35.5. The smallest absolute Gasteiger partial charge is 0.250 e. The van der Waals surface area contributed by atoms with Gasteiger partial charge in [0.2, 0.25) is 5.91 Å². The highest BCUT2D eigenvalue weighted by Crippen LogP contribution is 2.59. The van der Waals surface area contributed by atoms with Crippen LogP contribution in [0.2, 0.25) is 5.02 Å². The molecule has 4 aliphatic carbocycles. The summed E-state index contributed by atoms with van der Waals surface area (Å²) in [6.45, 7) is 2.59. The molecule has 1 heterocycles. The van der Waals surface area contributed by atoms with Gasteiger partial charge in [0, 0.05) is 36.1 Å². The number of ether oxygens (including phenoxy) is 1. The van der Waals surface area contributed by atoms with Gasteiger partial charge < -0.3 is 15.8 Å². The molecule has 1 saturated heterocycles. The highest BCUT2D eigenvalue weighted by Gasteiger charge is 2.58. The normalized spacial score (nSPS) is 37.8. The summed E-state index contributed by atoms with van der Waals surface area (Å²) in [5.74, 6) is 1.13. The molecule has 1 aromatic rings. The Morgan fingerprint density at radius 3 is 2.63 bits per heavy atom. The van der Waals surface area contributed by atoms with Crippen LogP contribution in [-0.4, -0.2) is 48.6 Å². The zero-order valence-electron chi connectivity index (χ0n) is 17.2. The number of nitrogens with one attached hydrogen (secondary N) is 1. The topological polar surface area (TPSA) is 84.7 Å². The Labute approximate surface area is 182 Å². The van der Waals surface area contributed by atoms with Gasteiger partial charge in [-0.1, -0.05) is 29.8 Å². The highest BCUT2D eigenvalue weighted by molar-refractivity contribution is 6.31. The van der Waals surface area contributed by atoms with Gasteiger partial charge in [-0.05, 0) is 61.5 Å². The molecule has 3 N–H and O–H groups in total. The van der Waals surface area contributed by atoms with E-state index in [9.17, 15) is 9.59 Å². The molecule has 30 heavy (non-hydrogen) atoms. The van der Waals surface area contributed by atoms with E-state index in [0.29, 0.717) is 37.5 Å². The molecule has 4 saturated carbocycles. The van der Waals surface area contributed by atoms with Crippen LogP contribution in [0.3, 0.4) is 0 Å². The summed E-state index contributed by atoms with van der Waals surface area (Å²) in [7, 11) is 0. The second kappa shape index (κ2) is 7.81. The standard InChI is InChI=1S/C23H30ClN3O3/c24-18-4-2-1-3-15(18)12-27-5-6-30-19(13-27)21(28)26-20-16-7-14-8-17(20)11-23(9-14,10-16)22(25)29/h1-4,14,16-17,19-20H,5-13H2,(H2,25,29)(H,26,28)/t14?,16?,17?,19-,20?,23?/m1/s1. The van der Waals surface area contributed by atoms with Gasteiger partial charge in [-0.15, -0.1) is 0 Å². The lowest BCUT2D eigenvalue weighted by Crippen LogP contribution is -2.63. The molecule has 5 fully saturated rings. The molecule has 6 rings (SSSR count). The number of hydrogen-bond acceptors (Lipinski definition) is 4. The quantitative estimate of drug-likeness (QED) is 0.749. The minimum atomic E-state index is -0.469. The number of rotatable bonds is 5. The molecule has 0 spiro atoms. The lowest BCUT2D eigenvalue weighted by atomic mass is 9.47. The first kappa shape index (κ1) is 20.3. The van der Waals surface area contributed by atoms with Gasteiger partial charge in [-0.25, -0.2) is 0 Å². The van der Waals surface area contributed by atoms with Crippen LogP contribution in [0.5, 0.6) is 0 Å². The molecule has 162 valence electrons. The Hall–Kier alpha value is -1.63. The number of halogens is 1. The molecule has 2 amide bonds. The number of hydrogen-bond donors (Lipinski definition) is 2. The van der Waals surface area contributed by atoms with E-state index in [1.807, 2.05) is 24.3 Å². The van der Waals surface area contributed by atoms with E-state index in [1.54, 1.807) is 0 Å².